The van der Waals surface area contributed by atoms with Gasteiger partial charge in [0.25, 0.3) is 0 Å². The minimum Gasteiger partial charge on any atom is -0.192 e. The molecular weight excluding hydrogens is 230 g/mol. The fourth-order valence-corrected chi connectivity index (χ4v) is 2.56. The van der Waals surface area contributed by atoms with Crippen molar-refractivity contribution in [3.05, 3.63) is 69.3 Å². The largest absolute Gasteiger partial charge is 0.192 e. The van der Waals surface area contributed by atoms with Crippen molar-refractivity contribution in [3.8, 4) is 6.07 Å². The van der Waals surface area contributed by atoms with E-state index < -0.39 is 0 Å². The number of nitrogens with zero attached hydrogens (tertiary/aromatic N) is 1. The van der Waals surface area contributed by atoms with Gasteiger partial charge in [-0.2, -0.15) is 5.26 Å². The highest BCUT2D eigenvalue weighted by atomic mass is 14.3. The molecular formula is C18H19N. The molecule has 0 aliphatic rings. The molecule has 0 aromatic heterocycles. The van der Waals surface area contributed by atoms with E-state index in [1.807, 2.05) is 18.2 Å². The van der Waals surface area contributed by atoms with E-state index in [-0.39, 0.29) is 0 Å². The summed E-state index contributed by atoms with van der Waals surface area (Å²) in [5.74, 6) is 0. The number of rotatable bonds is 2. The van der Waals surface area contributed by atoms with Crippen molar-refractivity contribution in [3.63, 3.8) is 0 Å². The smallest absolute Gasteiger partial charge is 0.0997 e. The van der Waals surface area contributed by atoms with Crippen molar-refractivity contribution >= 4 is 0 Å². The lowest BCUT2D eigenvalue weighted by Gasteiger charge is -2.17. The molecule has 0 spiro atoms. The molecule has 2 aromatic carbocycles. The first-order valence-electron chi connectivity index (χ1n) is 6.59. The Labute approximate surface area is 115 Å². The second-order valence-electron chi connectivity index (χ2n) is 5.13. The molecule has 1 nitrogen and oxygen atoms in total. The summed E-state index contributed by atoms with van der Waals surface area (Å²) in [7, 11) is 0. The summed E-state index contributed by atoms with van der Waals surface area (Å²) in [5, 5.41) is 9.47. The number of hydrogen-bond donors (Lipinski definition) is 0. The number of nitriles is 1. The quantitative estimate of drug-likeness (QED) is 0.774. The summed E-state index contributed by atoms with van der Waals surface area (Å²) in [6.07, 6.45) is 0.831. The molecule has 2 aromatic rings. The van der Waals surface area contributed by atoms with Crippen LogP contribution in [0.25, 0.3) is 0 Å². The van der Waals surface area contributed by atoms with E-state index in [0.29, 0.717) is 0 Å². The van der Waals surface area contributed by atoms with Gasteiger partial charge in [0.15, 0.2) is 0 Å². The van der Waals surface area contributed by atoms with Crippen LogP contribution < -0.4 is 0 Å². The van der Waals surface area contributed by atoms with E-state index in [9.17, 15) is 5.26 Å². The molecule has 0 bridgehead atoms. The minimum atomic E-state index is 0.831. The maximum Gasteiger partial charge on any atom is 0.0997 e. The van der Waals surface area contributed by atoms with Crippen molar-refractivity contribution in [1.29, 1.82) is 5.26 Å². The lowest BCUT2D eigenvalue weighted by Crippen LogP contribution is -2.04. The van der Waals surface area contributed by atoms with E-state index >= 15 is 0 Å². The predicted octanol–water partition coefficient (Wildman–Crippen LogP) is 4.38. The molecule has 0 radical (unpaired) electrons. The van der Waals surface area contributed by atoms with Crippen molar-refractivity contribution in [2.24, 2.45) is 0 Å². The molecule has 0 amide bonds. The fraction of sp³-hybridized carbons (Fsp3) is 0.278. The van der Waals surface area contributed by atoms with Crippen molar-refractivity contribution in [2.75, 3.05) is 0 Å². The van der Waals surface area contributed by atoms with E-state index in [2.05, 4.69) is 45.9 Å². The van der Waals surface area contributed by atoms with Gasteiger partial charge in [-0.3, -0.25) is 0 Å². The lowest BCUT2D eigenvalue weighted by molar-refractivity contribution is 1.08. The van der Waals surface area contributed by atoms with Crippen LogP contribution in [-0.4, -0.2) is 0 Å². The first kappa shape index (κ1) is 13.4. The number of hydrogen-bond acceptors (Lipinski definition) is 1. The Morgan fingerprint density at radius 2 is 1.42 bits per heavy atom. The molecule has 0 heterocycles. The molecule has 0 saturated heterocycles. The summed E-state index contributed by atoms with van der Waals surface area (Å²) in [5.41, 5.74) is 8.21. The van der Waals surface area contributed by atoms with Crippen LogP contribution in [0.15, 0.2) is 30.3 Å². The number of benzene rings is 2. The van der Waals surface area contributed by atoms with Gasteiger partial charge in [0.2, 0.25) is 0 Å². The Balaban J connectivity index is 2.60. The van der Waals surface area contributed by atoms with E-state index in [4.69, 9.17) is 0 Å². The Morgan fingerprint density at radius 1 is 0.842 bits per heavy atom. The third-order valence-electron chi connectivity index (χ3n) is 4.15. The monoisotopic (exact) mass is 249 g/mol. The SMILES string of the molecule is Cc1c(C)c(C)c(Cc2ccccc2)c(C#N)c1C. The maximum atomic E-state index is 9.47. The zero-order valence-corrected chi connectivity index (χ0v) is 12.0. The molecule has 96 valence electrons. The van der Waals surface area contributed by atoms with Crippen LogP contribution in [0.5, 0.6) is 0 Å². The minimum absolute atomic E-state index is 0.831. The maximum absolute atomic E-state index is 9.47. The molecule has 0 N–H and O–H groups in total. The van der Waals surface area contributed by atoms with Crippen LogP contribution in [-0.2, 0) is 6.42 Å². The Kier molecular flexibility index (Phi) is 3.71. The summed E-state index contributed by atoms with van der Waals surface area (Å²) in [4.78, 5) is 0. The van der Waals surface area contributed by atoms with Crippen LogP contribution in [0.1, 0.15) is 38.9 Å². The summed E-state index contributed by atoms with van der Waals surface area (Å²) >= 11 is 0. The second kappa shape index (κ2) is 5.28. The first-order valence-corrected chi connectivity index (χ1v) is 6.59. The van der Waals surface area contributed by atoms with Crippen LogP contribution in [0, 0.1) is 39.0 Å². The van der Waals surface area contributed by atoms with Crippen molar-refractivity contribution < 1.29 is 0 Å². The Morgan fingerprint density at radius 3 is 2.00 bits per heavy atom. The van der Waals surface area contributed by atoms with Gasteiger partial charge in [-0.1, -0.05) is 30.3 Å². The van der Waals surface area contributed by atoms with Gasteiger partial charge in [-0.25, -0.2) is 0 Å². The van der Waals surface area contributed by atoms with E-state index in [1.165, 1.54) is 27.8 Å². The molecule has 0 aliphatic carbocycles. The molecule has 19 heavy (non-hydrogen) atoms. The van der Waals surface area contributed by atoms with Crippen molar-refractivity contribution in [1.82, 2.24) is 0 Å². The van der Waals surface area contributed by atoms with Gasteiger partial charge >= 0.3 is 0 Å². The predicted molar refractivity (Wildman–Crippen MR) is 79.4 cm³/mol. The van der Waals surface area contributed by atoms with Crippen LogP contribution >= 0.6 is 0 Å². The third-order valence-corrected chi connectivity index (χ3v) is 4.15. The summed E-state index contributed by atoms with van der Waals surface area (Å²) in [6, 6.07) is 12.7. The van der Waals surface area contributed by atoms with Gasteiger partial charge in [-0.15, -0.1) is 0 Å². The topological polar surface area (TPSA) is 23.8 Å². The zero-order chi connectivity index (χ0) is 14.0. The van der Waals surface area contributed by atoms with Gasteiger partial charge in [0.05, 0.1) is 11.6 Å². The average Bonchev–Trinajstić information content (AvgIpc) is 2.44. The molecule has 0 unspecified atom stereocenters. The normalized spacial score (nSPS) is 10.3. The first-order chi connectivity index (χ1) is 9.06. The van der Waals surface area contributed by atoms with E-state index in [0.717, 1.165) is 17.5 Å². The van der Waals surface area contributed by atoms with Crippen molar-refractivity contribution in [2.45, 2.75) is 34.1 Å². The second-order valence-corrected chi connectivity index (χ2v) is 5.13. The van der Waals surface area contributed by atoms with Crippen LogP contribution in [0.3, 0.4) is 0 Å². The Hall–Kier alpha value is -2.07. The highest BCUT2D eigenvalue weighted by Crippen LogP contribution is 2.27. The lowest BCUT2D eigenvalue weighted by atomic mass is 9.86. The standard InChI is InChI=1S/C18H19N/c1-12-13(2)15(4)18(11-19)17(14(12)3)10-16-8-6-5-7-9-16/h5-9H,10H2,1-4H3. The van der Waals surface area contributed by atoms with Gasteiger partial charge in [0.1, 0.15) is 0 Å². The van der Waals surface area contributed by atoms with E-state index in [1.54, 1.807) is 0 Å². The highest BCUT2D eigenvalue weighted by molar-refractivity contribution is 5.56. The molecule has 0 atom stereocenters. The molecule has 0 aliphatic heterocycles. The average molecular weight is 249 g/mol. The highest BCUT2D eigenvalue weighted by Gasteiger charge is 2.14. The van der Waals surface area contributed by atoms with Gasteiger partial charge in [-0.05, 0) is 67.5 Å². The Bertz CT molecular complexity index is 646. The zero-order valence-electron chi connectivity index (χ0n) is 12.0. The molecule has 0 fully saturated rings. The molecule has 2 rings (SSSR count). The summed E-state index contributed by atoms with van der Waals surface area (Å²) in [6.45, 7) is 8.42. The molecule has 0 saturated carbocycles. The third kappa shape index (κ3) is 2.39. The van der Waals surface area contributed by atoms with Crippen LogP contribution in [0.2, 0.25) is 0 Å². The molecule has 1 heteroatoms. The van der Waals surface area contributed by atoms with Gasteiger partial charge in [0, 0.05) is 0 Å². The fourth-order valence-electron chi connectivity index (χ4n) is 2.56. The summed E-state index contributed by atoms with van der Waals surface area (Å²) < 4.78 is 0. The van der Waals surface area contributed by atoms with Crippen LogP contribution in [0.4, 0.5) is 0 Å². The van der Waals surface area contributed by atoms with Gasteiger partial charge < -0.3 is 0 Å².